The molecule has 0 aliphatic carbocycles. The van der Waals surface area contributed by atoms with E-state index in [1.165, 1.54) is 13.0 Å². The van der Waals surface area contributed by atoms with Gasteiger partial charge in [-0.05, 0) is 39.4 Å². The molecule has 19 heavy (non-hydrogen) atoms. The second-order valence-electron chi connectivity index (χ2n) is 5.07. The first-order valence-electron chi connectivity index (χ1n) is 6.59. The predicted octanol–water partition coefficient (Wildman–Crippen LogP) is 3.87. The van der Waals surface area contributed by atoms with Gasteiger partial charge in [0.1, 0.15) is 5.75 Å². The van der Waals surface area contributed by atoms with Crippen molar-refractivity contribution in [1.29, 1.82) is 0 Å². The lowest BCUT2D eigenvalue weighted by molar-refractivity contribution is 0.101. The number of carbonyl (C=O) groups is 1. The summed E-state index contributed by atoms with van der Waals surface area (Å²) >= 11 is 6.01. The van der Waals surface area contributed by atoms with Crippen molar-refractivity contribution < 1.29 is 9.90 Å². The summed E-state index contributed by atoms with van der Waals surface area (Å²) in [7, 11) is 2.01. The largest absolute Gasteiger partial charge is 0.507 e. The third-order valence-electron chi connectivity index (χ3n) is 3.41. The summed E-state index contributed by atoms with van der Waals surface area (Å²) in [4.78, 5) is 13.6. The SMILES string of the molecule is CCCC(C)N(C)Cc1cc(Cl)cc(C(C)=O)c1O. The van der Waals surface area contributed by atoms with Crippen LogP contribution in [0.1, 0.15) is 49.5 Å². The van der Waals surface area contributed by atoms with Crippen molar-refractivity contribution in [2.45, 2.75) is 46.2 Å². The Morgan fingerprint density at radius 1 is 1.47 bits per heavy atom. The Morgan fingerprint density at radius 3 is 2.63 bits per heavy atom. The minimum Gasteiger partial charge on any atom is -0.507 e. The van der Waals surface area contributed by atoms with E-state index >= 15 is 0 Å². The van der Waals surface area contributed by atoms with Crippen LogP contribution in [0.3, 0.4) is 0 Å². The maximum atomic E-state index is 11.5. The van der Waals surface area contributed by atoms with Crippen molar-refractivity contribution in [1.82, 2.24) is 4.90 Å². The zero-order valence-corrected chi connectivity index (χ0v) is 12.8. The van der Waals surface area contributed by atoms with Crippen molar-refractivity contribution in [2.24, 2.45) is 0 Å². The summed E-state index contributed by atoms with van der Waals surface area (Å²) in [6.45, 7) is 6.30. The fourth-order valence-electron chi connectivity index (χ4n) is 2.11. The third kappa shape index (κ3) is 4.22. The zero-order valence-electron chi connectivity index (χ0n) is 12.0. The molecule has 106 valence electrons. The van der Waals surface area contributed by atoms with Gasteiger partial charge in [0.2, 0.25) is 0 Å². The molecule has 1 aromatic rings. The average molecular weight is 284 g/mol. The first kappa shape index (κ1) is 16.0. The van der Waals surface area contributed by atoms with Gasteiger partial charge in [0.25, 0.3) is 0 Å². The van der Waals surface area contributed by atoms with E-state index in [2.05, 4.69) is 18.7 Å². The highest BCUT2D eigenvalue weighted by atomic mass is 35.5. The first-order chi connectivity index (χ1) is 8.86. The Balaban J connectivity index is 2.98. The summed E-state index contributed by atoms with van der Waals surface area (Å²) in [5, 5.41) is 10.6. The Morgan fingerprint density at radius 2 is 2.11 bits per heavy atom. The molecule has 1 aromatic carbocycles. The van der Waals surface area contributed by atoms with Crippen LogP contribution < -0.4 is 0 Å². The van der Waals surface area contributed by atoms with Crippen molar-refractivity contribution in [3.05, 3.63) is 28.3 Å². The monoisotopic (exact) mass is 283 g/mol. The fraction of sp³-hybridized carbons (Fsp3) is 0.533. The highest BCUT2D eigenvalue weighted by Crippen LogP contribution is 2.29. The van der Waals surface area contributed by atoms with Gasteiger partial charge >= 0.3 is 0 Å². The van der Waals surface area contributed by atoms with Gasteiger partial charge in [-0.25, -0.2) is 0 Å². The topological polar surface area (TPSA) is 40.5 Å². The fourth-order valence-corrected chi connectivity index (χ4v) is 2.35. The van der Waals surface area contributed by atoms with Crippen LogP contribution in [-0.2, 0) is 6.54 Å². The molecule has 1 rings (SSSR count). The zero-order chi connectivity index (χ0) is 14.6. The Bertz CT molecular complexity index is 460. The number of hydrogen-bond acceptors (Lipinski definition) is 3. The van der Waals surface area contributed by atoms with Gasteiger partial charge < -0.3 is 5.11 Å². The van der Waals surface area contributed by atoms with E-state index in [9.17, 15) is 9.90 Å². The van der Waals surface area contributed by atoms with Gasteiger partial charge in [-0.2, -0.15) is 0 Å². The molecule has 0 aliphatic rings. The number of rotatable bonds is 6. The maximum absolute atomic E-state index is 11.5. The average Bonchev–Trinajstić information content (AvgIpc) is 2.33. The summed E-state index contributed by atoms with van der Waals surface area (Å²) in [5.74, 6) is -0.127. The molecular formula is C15H22ClNO2. The van der Waals surface area contributed by atoms with Crippen molar-refractivity contribution in [2.75, 3.05) is 7.05 Å². The van der Waals surface area contributed by atoms with Crippen molar-refractivity contribution in [3.63, 3.8) is 0 Å². The number of Topliss-reactive ketones (excluding diaryl/α,β-unsaturated/α-hetero) is 1. The molecule has 0 aliphatic heterocycles. The Hall–Kier alpha value is -1.06. The molecular weight excluding hydrogens is 262 g/mol. The number of benzene rings is 1. The van der Waals surface area contributed by atoms with Crippen LogP contribution in [0.25, 0.3) is 0 Å². The lowest BCUT2D eigenvalue weighted by Crippen LogP contribution is -2.28. The molecule has 0 amide bonds. The number of ketones is 1. The molecule has 0 saturated heterocycles. The molecule has 1 atom stereocenters. The van der Waals surface area contributed by atoms with E-state index in [1.807, 2.05) is 7.05 Å². The molecule has 0 saturated carbocycles. The lowest BCUT2D eigenvalue weighted by Gasteiger charge is -2.25. The quantitative estimate of drug-likeness (QED) is 0.806. The summed E-state index contributed by atoms with van der Waals surface area (Å²) in [6, 6.07) is 3.65. The second kappa shape index (κ2) is 6.92. The number of phenols is 1. The van der Waals surface area contributed by atoms with E-state index in [-0.39, 0.29) is 11.5 Å². The van der Waals surface area contributed by atoms with Crippen LogP contribution >= 0.6 is 11.6 Å². The molecule has 3 nitrogen and oxygen atoms in total. The minimum absolute atomic E-state index is 0.0486. The molecule has 0 spiro atoms. The first-order valence-corrected chi connectivity index (χ1v) is 6.97. The van der Waals surface area contributed by atoms with Gasteiger partial charge in [-0.15, -0.1) is 0 Å². The highest BCUT2D eigenvalue weighted by Gasteiger charge is 2.16. The third-order valence-corrected chi connectivity index (χ3v) is 3.63. The summed E-state index contributed by atoms with van der Waals surface area (Å²) < 4.78 is 0. The van der Waals surface area contributed by atoms with E-state index in [1.54, 1.807) is 6.07 Å². The van der Waals surface area contributed by atoms with Gasteiger partial charge in [-0.1, -0.05) is 24.9 Å². The Kier molecular flexibility index (Phi) is 5.83. The predicted molar refractivity (Wildman–Crippen MR) is 79.0 cm³/mol. The lowest BCUT2D eigenvalue weighted by atomic mass is 10.0. The van der Waals surface area contributed by atoms with Crippen molar-refractivity contribution in [3.8, 4) is 5.75 Å². The molecule has 0 radical (unpaired) electrons. The van der Waals surface area contributed by atoms with Gasteiger partial charge in [0.15, 0.2) is 5.78 Å². The molecule has 4 heteroatoms. The standard InChI is InChI=1S/C15H22ClNO2/c1-5-6-10(2)17(4)9-12-7-13(16)8-14(11(3)18)15(12)19/h7-8,10,19H,5-6,9H2,1-4H3. The maximum Gasteiger partial charge on any atom is 0.163 e. The molecule has 1 N–H and O–H groups in total. The summed E-state index contributed by atoms with van der Waals surface area (Å²) in [5.41, 5.74) is 0.988. The molecule has 0 fully saturated rings. The van der Waals surface area contributed by atoms with Crippen LogP contribution in [-0.4, -0.2) is 28.9 Å². The van der Waals surface area contributed by atoms with Crippen molar-refractivity contribution >= 4 is 17.4 Å². The molecule has 1 unspecified atom stereocenters. The van der Waals surface area contributed by atoms with E-state index in [4.69, 9.17) is 11.6 Å². The Labute approximate surface area is 120 Å². The number of halogens is 1. The van der Waals surface area contributed by atoms with Gasteiger partial charge in [-0.3, -0.25) is 9.69 Å². The molecule has 0 bridgehead atoms. The van der Waals surface area contributed by atoms with E-state index < -0.39 is 0 Å². The molecule has 0 heterocycles. The minimum atomic E-state index is -0.175. The highest BCUT2D eigenvalue weighted by molar-refractivity contribution is 6.31. The van der Waals surface area contributed by atoms with E-state index in [0.717, 1.165) is 12.8 Å². The normalized spacial score (nSPS) is 12.7. The number of aromatic hydroxyl groups is 1. The molecule has 0 aromatic heterocycles. The van der Waals surface area contributed by atoms with Crippen LogP contribution in [0, 0.1) is 0 Å². The van der Waals surface area contributed by atoms with Gasteiger partial charge in [0.05, 0.1) is 5.56 Å². The van der Waals surface area contributed by atoms with Gasteiger partial charge in [0, 0.05) is 23.2 Å². The summed E-state index contributed by atoms with van der Waals surface area (Å²) in [6.07, 6.45) is 2.21. The smallest absolute Gasteiger partial charge is 0.163 e. The number of phenolic OH excluding ortho intramolecular Hbond substituents is 1. The van der Waals surface area contributed by atoms with E-state index in [0.29, 0.717) is 28.7 Å². The number of carbonyl (C=O) groups excluding carboxylic acids is 1. The number of hydrogen-bond donors (Lipinski definition) is 1. The van der Waals surface area contributed by atoms with Crippen LogP contribution in [0.4, 0.5) is 0 Å². The number of nitrogens with zero attached hydrogens (tertiary/aromatic N) is 1. The second-order valence-corrected chi connectivity index (χ2v) is 5.51. The van der Waals surface area contributed by atoms with Crippen LogP contribution in [0.5, 0.6) is 5.75 Å². The van der Waals surface area contributed by atoms with Crippen LogP contribution in [0.15, 0.2) is 12.1 Å². The van der Waals surface area contributed by atoms with Crippen LogP contribution in [0.2, 0.25) is 5.02 Å².